The first kappa shape index (κ1) is 13.7. The number of terminal acetylenes is 1. The normalized spacial score (nSPS) is 8.25. The van der Waals surface area contributed by atoms with Crippen LogP contribution < -0.4 is 0 Å². The topological polar surface area (TPSA) is 74.6 Å². The largest absolute Gasteiger partial charge is 0.478 e. The highest BCUT2D eigenvalue weighted by Gasteiger charge is 2.04. The van der Waals surface area contributed by atoms with Gasteiger partial charge in [-0.3, -0.25) is 0 Å². The van der Waals surface area contributed by atoms with E-state index in [1.807, 2.05) is 6.92 Å². The molecule has 1 aromatic carbocycles. The van der Waals surface area contributed by atoms with Crippen LogP contribution in [0.1, 0.15) is 34.1 Å². The van der Waals surface area contributed by atoms with Gasteiger partial charge in [-0.05, 0) is 24.3 Å². The summed E-state index contributed by atoms with van der Waals surface area (Å²) in [4.78, 5) is 20.7. The molecule has 0 saturated heterocycles. The maximum absolute atomic E-state index is 10.3. The van der Waals surface area contributed by atoms with E-state index >= 15 is 0 Å². The van der Waals surface area contributed by atoms with Gasteiger partial charge < -0.3 is 10.2 Å². The molecular formula is C12H12O4. The lowest BCUT2D eigenvalue weighted by atomic mass is 10.1. The zero-order chi connectivity index (χ0) is 12.6. The van der Waals surface area contributed by atoms with Crippen molar-refractivity contribution in [2.75, 3.05) is 0 Å². The highest BCUT2D eigenvalue weighted by atomic mass is 16.4. The fourth-order valence-corrected chi connectivity index (χ4v) is 0.755. The predicted octanol–water partition coefficient (Wildman–Crippen LogP) is 2.11. The Kier molecular flexibility index (Phi) is 6.06. The van der Waals surface area contributed by atoms with E-state index in [0.717, 1.165) is 6.42 Å². The molecule has 4 heteroatoms. The van der Waals surface area contributed by atoms with Gasteiger partial charge in [0.15, 0.2) is 0 Å². The minimum Gasteiger partial charge on any atom is -0.478 e. The fourth-order valence-electron chi connectivity index (χ4n) is 0.755. The van der Waals surface area contributed by atoms with Gasteiger partial charge in [-0.25, -0.2) is 9.59 Å². The van der Waals surface area contributed by atoms with Crippen molar-refractivity contribution in [1.82, 2.24) is 0 Å². The summed E-state index contributed by atoms with van der Waals surface area (Å²) in [5, 5.41) is 16.9. The highest BCUT2D eigenvalue weighted by Crippen LogP contribution is 2.03. The van der Waals surface area contributed by atoms with Crippen LogP contribution in [0, 0.1) is 12.3 Å². The molecule has 0 aliphatic rings. The van der Waals surface area contributed by atoms with Gasteiger partial charge in [-0.1, -0.05) is 6.92 Å². The molecule has 0 aromatic heterocycles. The first-order chi connectivity index (χ1) is 7.52. The number of aromatic carboxylic acids is 2. The van der Waals surface area contributed by atoms with Gasteiger partial charge in [0.05, 0.1) is 11.1 Å². The van der Waals surface area contributed by atoms with Crippen LogP contribution >= 0.6 is 0 Å². The van der Waals surface area contributed by atoms with Crippen molar-refractivity contribution in [3.63, 3.8) is 0 Å². The lowest BCUT2D eigenvalue weighted by Crippen LogP contribution is -1.99. The van der Waals surface area contributed by atoms with Crippen LogP contribution in [0.5, 0.6) is 0 Å². The molecule has 0 radical (unpaired) electrons. The first-order valence-corrected chi connectivity index (χ1v) is 4.53. The molecule has 0 spiro atoms. The Morgan fingerprint density at radius 1 is 1.12 bits per heavy atom. The molecule has 0 heterocycles. The van der Waals surface area contributed by atoms with E-state index in [-0.39, 0.29) is 11.1 Å². The number of hydrogen-bond donors (Lipinski definition) is 2. The van der Waals surface area contributed by atoms with Crippen LogP contribution in [0.25, 0.3) is 0 Å². The summed E-state index contributed by atoms with van der Waals surface area (Å²) in [6, 6.07) is 5.02. The number of carboxylic acids is 2. The Labute approximate surface area is 93.5 Å². The van der Waals surface area contributed by atoms with Gasteiger partial charge >= 0.3 is 11.9 Å². The summed E-state index contributed by atoms with van der Waals surface area (Å²) in [5.74, 6) is 0.305. The molecule has 0 fully saturated rings. The molecule has 2 N–H and O–H groups in total. The standard InChI is InChI=1S/C8H6O4.C4H6/c9-7(10)5-1-2-6(4-3-5)8(11)12;1-3-4-2/h1-4H,(H,9,10)(H,11,12);1H,4H2,2H3. The molecule has 0 aliphatic heterocycles. The Balaban J connectivity index is 0.000000487. The molecule has 0 amide bonds. The third-order valence-corrected chi connectivity index (χ3v) is 1.58. The van der Waals surface area contributed by atoms with E-state index in [1.165, 1.54) is 24.3 Å². The monoisotopic (exact) mass is 220 g/mol. The number of carbonyl (C=O) groups is 2. The fraction of sp³-hybridized carbons (Fsp3) is 0.167. The summed E-state index contributed by atoms with van der Waals surface area (Å²) in [7, 11) is 0. The summed E-state index contributed by atoms with van der Waals surface area (Å²) in [6.07, 6.45) is 5.62. The molecular weight excluding hydrogens is 208 g/mol. The first-order valence-electron chi connectivity index (χ1n) is 4.53. The van der Waals surface area contributed by atoms with Crippen molar-refractivity contribution in [2.24, 2.45) is 0 Å². The van der Waals surface area contributed by atoms with Crippen LogP contribution in [0.2, 0.25) is 0 Å². The van der Waals surface area contributed by atoms with E-state index in [4.69, 9.17) is 16.6 Å². The minimum absolute atomic E-state index is 0.0833. The van der Waals surface area contributed by atoms with Crippen molar-refractivity contribution in [3.8, 4) is 12.3 Å². The molecule has 1 rings (SSSR count). The highest BCUT2D eigenvalue weighted by molar-refractivity contribution is 5.91. The van der Waals surface area contributed by atoms with Gasteiger partial charge in [-0.2, -0.15) is 0 Å². The Morgan fingerprint density at radius 3 is 1.50 bits per heavy atom. The maximum Gasteiger partial charge on any atom is 0.335 e. The molecule has 0 saturated carbocycles. The van der Waals surface area contributed by atoms with Crippen LogP contribution in [0.4, 0.5) is 0 Å². The Hall–Kier alpha value is -2.28. The minimum atomic E-state index is -1.06. The van der Waals surface area contributed by atoms with Crippen molar-refractivity contribution in [2.45, 2.75) is 13.3 Å². The molecule has 0 unspecified atom stereocenters. The van der Waals surface area contributed by atoms with Crippen LogP contribution in [-0.4, -0.2) is 22.2 Å². The average molecular weight is 220 g/mol. The second-order valence-electron chi connectivity index (χ2n) is 2.75. The SMILES string of the molecule is C#CCC.O=C(O)c1ccc(C(=O)O)cc1. The van der Waals surface area contributed by atoms with Gasteiger partial charge in [0.1, 0.15) is 0 Å². The lowest BCUT2D eigenvalue weighted by Gasteiger charge is -1.94. The summed E-state index contributed by atoms with van der Waals surface area (Å²) in [6.45, 7) is 1.94. The molecule has 0 bridgehead atoms. The number of benzene rings is 1. The van der Waals surface area contributed by atoms with Crippen molar-refractivity contribution in [1.29, 1.82) is 0 Å². The zero-order valence-corrected chi connectivity index (χ0v) is 8.80. The number of rotatable bonds is 2. The second kappa shape index (κ2) is 7.07. The van der Waals surface area contributed by atoms with Crippen LogP contribution in [0.3, 0.4) is 0 Å². The molecule has 16 heavy (non-hydrogen) atoms. The van der Waals surface area contributed by atoms with Crippen molar-refractivity contribution < 1.29 is 19.8 Å². The summed E-state index contributed by atoms with van der Waals surface area (Å²) < 4.78 is 0. The van der Waals surface area contributed by atoms with Gasteiger partial charge in [-0.15, -0.1) is 12.3 Å². The van der Waals surface area contributed by atoms with Crippen molar-refractivity contribution in [3.05, 3.63) is 35.4 Å². The number of carboxylic acid groups (broad SMARTS) is 2. The van der Waals surface area contributed by atoms with Crippen molar-refractivity contribution >= 4 is 11.9 Å². The van der Waals surface area contributed by atoms with Crippen LogP contribution in [0.15, 0.2) is 24.3 Å². The number of hydrogen-bond acceptors (Lipinski definition) is 2. The van der Waals surface area contributed by atoms with E-state index in [2.05, 4.69) is 5.92 Å². The second-order valence-corrected chi connectivity index (χ2v) is 2.75. The molecule has 0 atom stereocenters. The van der Waals surface area contributed by atoms with Crippen LogP contribution in [-0.2, 0) is 0 Å². The van der Waals surface area contributed by atoms with Gasteiger partial charge in [0.25, 0.3) is 0 Å². The summed E-state index contributed by atoms with van der Waals surface area (Å²) in [5.41, 5.74) is 0.167. The third kappa shape index (κ3) is 4.82. The zero-order valence-electron chi connectivity index (χ0n) is 8.80. The predicted molar refractivity (Wildman–Crippen MR) is 59.5 cm³/mol. The third-order valence-electron chi connectivity index (χ3n) is 1.58. The molecule has 1 aromatic rings. The van der Waals surface area contributed by atoms with Gasteiger partial charge in [0, 0.05) is 6.42 Å². The Bertz CT molecular complexity index is 365. The quantitative estimate of drug-likeness (QED) is 0.748. The van der Waals surface area contributed by atoms with E-state index in [0.29, 0.717) is 0 Å². The van der Waals surface area contributed by atoms with E-state index in [1.54, 1.807) is 0 Å². The lowest BCUT2D eigenvalue weighted by molar-refractivity contribution is 0.0681. The van der Waals surface area contributed by atoms with E-state index in [9.17, 15) is 9.59 Å². The summed E-state index contributed by atoms with van der Waals surface area (Å²) >= 11 is 0. The average Bonchev–Trinajstić information content (AvgIpc) is 2.29. The van der Waals surface area contributed by atoms with Gasteiger partial charge in [0.2, 0.25) is 0 Å². The molecule has 84 valence electrons. The molecule has 0 aliphatic carbocycles. The molecule has 4 nitrogen and oxygen atoms in total. The van der Waals surface area contributed by atoms with E-state index < -0.39 is 11.9 Å². The maximum atomic E-state index is 10.3. The Morgan fingerprint density at radius 2 is 1.38 bits per heavy atom. The smallest absolute Gasteiger partial charge is 0.335 e.